The molecule has 0 atom stereocenters. The lowest BCUT2D eigenvalue weighted by Gasteiger charge is -2.03. The second-order valence-electron chi connectivity index (χ2n) is 5.08. The van der Waals surface area contributed by atoms with Gasteiger partial charge in [-0.15, -0.1) is 0 Å². The van der Waals surface area contributed by atoms with E-state index in [1.54, 1.807) is 0 Å². The summed E-state index contributed by atoms with van der Waals surface area (Å²) in [5, 5.41) is 2.75. The summed E-state index contributed by atoms with van der Waals surface area (Å²) in [6.07, 6.45) is 12.2. The molecule has 0 aliphatic carbocycles. The van der Waals surface area contributed by atoms with Gasteiger partial charge in [0.2, 0.25) is 0 Å². The molecule has 0 aliphatic rings. The summed E-state index contributed by atoms with van der Waals surface area (Å²) in [7, 11) is 1.13. The van der Waals surface area contributed by atoms with Crippen molar-refractivity contribution in [1.82, 2.24) is 5.32 Å². The highest BCUT2D eigenvalue weighted by Gasteiger charge is 2.07. The Bertz CT molecular complexity index is 281. The van der Waals surface area contributed by atoms with E-state index in [1.807, 2.05) is 14.1 Å². The first kappa shape index (κ1) is 23.1. The first-order valence-electron chi connectivity index (χ1n) is 8.07. The maximum atomic E-state index is 10.8. The zero-order chi connectivity index (χ0) is 16.4. The number of unbranched alkanes of at least 4 members (excludes halogenated alkanes) is 9. The molecule has 0 radical (unpaired) electrons. The van der Waals surface area contributed by atoms with Crippen LogP contribution in [0.15, 0.2) is 0 Å². The first-order chi connectivity index (χ1) is 10.0. The lowest BCUT2D eigenvalue weighted by molar-refractivity contribution is 0.238. The van der Waals surface area contributed by atoms with E-state index in [0.717, 1.165) is 26.4 Å². The van der Waals surface area contributed by atoms with E-state index in [2.05, 4.69) is 20.6 Å². The fraction of sp³-hybridized carbons (Fsp3) is 1.00. The van der Waals surface area contributed by atoms with Crippen molar-refractivity contribution in [1.29, 1.82) is 0 Å². The van der Waals surface area contributed by atoms with E-state index in [-0.39, 0.29) is 6.61 Å². The van der Waals surface area contributed by atoms with Gasteiger partial charge < -0.3 is 5.32 Å². The van der Waals surface area contributed by atoms with Crippen molar-refractivity contribution >= 4 is 10.4 Å². The Morgan fingerprint density at radius 1 is 0.810 bits per heavy atom. The Kier molecular flexibility index (Phi) is 19.7. The SMILES string of the molecule is CCCCCCCCCCCCOS(=O)(=O)OC.CNC. The predicted octanol–water partition coefficient (Wildman–Crippen LogP) is 3.65. The number of hydrogen-bond acceptors (Lipinski definition) is 5. The monoisotopic (exact) mass is 325 g/mol. The van der Waals surface area contributed by atoms with Crippen LogP contribution in [0.25, 0.3) is 0 Å². The number of hydrogen-bond donors (Lipinski definition) is 1. The van der Waals surface area contributed by atoms with Crippen LogP contribution in [-0.4, -0.2) is 36.2 Å². The van der Waals surface area contributed by atoms with Gasteiger partial charge in [0, 0.05) is 0 Å². The lowest BCUT2D eigenvalue weighted by Crippen LogP contribution is -2.08. The minimum absolute atomic E-state index is 0.229. The summed E-state index contributed by atoms with van der Waals surface area (Å²) in [5.41, 5.74) is 0. The van der Waals surface area contributed by atoms with Gasteiger partial charge >= 0.3 is 10.4 Å². The zero-order valence-corrected chi connectivity index (χ0v) is 15.1. The fourth-order valence-electron chi connectivity index (χ4n) is 1.80. The van der Waals surface area contributed by atoms with Gasteiger partial charge in [-0.25, -0.2) is 4.18 Å². The third-order valence-corrected chi connectivity index (χ3v) is 3.79. The van der Waals surface area contributed by atoms with Crippen LogP contribution in [0.3, 0.4) is 0 Å². The number of rotatable bonds is 13. The normalized spacial score (nSPS) is 11.0. The molecule has 0 spiro atoms. The molecule has 0 aromatic heterocycles. The molecule has 6 heteroatoms. The standard InChI is InChI=1S/C13H28O4S.C2H7N/c1-3-4-5-6-7-8-9-10-11-12-13-17-18(14,15)16-2;1-3-2/h3-13H2,1-2H3;3H,1-2H3. The Balaban J connectivity index is 0. The van der Waals surface area contributed by atoms with E-state index in [9.17, 15) is 8.42 Å². The Morgan fingerprint density at radius 3 is 1.57 bits per heavy atom. The maximum Gasteiger partial charge on any atom is 0.399 e. The molecule has 0 heterocycles. The highest BCUT2D eigenvalue weighted by atomic mass is 32.3. The van der Waals surface area contributed by atoms with Crippen LogP contribution < -0.4 is 5.32 Å². The van der Waals surface area contributed by atoms with Crippen molar-refractivity contribution in [2.75, 3.05) is 27.8 Å². The van der Waals surface area contributed by atoms with Gasteiger partial charge in [0.05, 0.1) is 13.7 Å². The molecule has 0 saturated heterocycles. The second kappa shape index (κ2) is 17.9. The smallest absolute Gasteiger partial charge is 0.323 e. The van der Waals surface area contributed by atoms with Crippen LogP contribution in [-0.2, 0) is 18.8 Å². The Morgan fingerprint density at radius 2 is 1.19 bits per heavy atom. The van der Waals surface area contributed by atoms with Gasteiger partial charge in [-0.2, -0.15) is 8.42 Å². The third kappa shape index (κ3) is 22.3. The molecular formula is C15H35NO4S. The van der Waals surface area contributed by atoms with Crippen LogP contribution in [0.2, 0.25) is 0 Å². The van der Waals surface area contributed by atoms with Crippen molar-refractivity contribution in [2.45, 2.75) is 71.1 Å². The van der Waals surface area contributed by atoms with Crippen molar-refractivity contribution in [3.63, 3.8) is 0 Å². The summed E-state index contributed by atoms with van der Waals surface area (Å²) >= 11 is 0. The van der Waals surface area contributed by atoms with E-state index in [1.165, 1.54) is 44.9 Å². The Hall–Kier alpha value is -0.170. The molecule has 130 valence electrons. The molecule has 0 amide bonds. The minimum Gasteiger partial charge on any atom is -0.323 e. The largest absolute Gasteiger partial charge is 0.399 e. The van der Waals surface area contributed by atoms with E-state index in [4.69, 9.17) is 0 Å². The second-order valence-corrected chi connectivity index (χ2v) is 6.46. The molecule has 21 heavy (non-hydrogen) atoms. The molecule has 0 bridgehead atoms. The summed E-state index contributed by atoms with van der Waals surface area (Å²) in [6.45, 7) is 2.46. The Labute approximate surface area is 132 Å². The molecule has 5 nitrogen and oxygen atoms in total. The molecule has 1 N–H and O–H groups in total. The molecule has 0 fully saturated rings. The van der Waals surface area contributed by atoms with Gasteiger partial charge in [-0.05, 0) is 20.5 Å². The summed E-state index contributed by atoms with van der Waals surface area (Å²) in [4.78, 5) is 0. The summed E-state index contributed by atoms with van der Waals surface area (Å²) in [5.74, 6) is 0. The van der Waals surface area contributed by atoms with Gasteiger partial charge in [0.25, 0.3) is 0 Å². The first-order valence-corrected chi connectivity index (χ1v) is 9.40. The topological polar surface area (TPSA) is 64.6 Å². The summed E-state index contributed by atoms with van der Waals surface area (Å²) in [6, 6.07) is 0. The van der Waals surface area contributed by atoms with Crippen LogP contribution in [0.1, 0.15) is 71.1 Å². The van der Waals surface area contributed by atoms with Crippen LogP contribution in [0, 0.1) is 0 Å². The predicted molar refractivity (Wildman–Crippen MR) is 88.7 cm³/mol. The number of nitrogens with one attached hydrogen (secondary N) is 1. The van der Waals surface area contributed by atoms with Crippen LogP contribution >= 0.6 is 0 Å². The van der Waals surface area contributed by atoms with Crippen molar-refractivity contribution in [2.24, 2.45) is 0 Å². The molecule has 0 aromatic carbocycles. The van der Waals surface area contributed by atoms with Gasteiger partial charge in [0.15, 0.2) is 0 Å². The molecule has 0 unspecified atom stereocenters. The van der Waals surface area contributed by atoms with Gasteiger partial charge in [0.1, 0.15) is 0 Å². The van der Waals surface area contributed by atoms with E-state index in [0.29, 0.717) is 0 Å². The molecule has 0 saturated carbocycles. The molecule has 0 aliphatic heterocycles. The van der Waals surface area contributed by atoms with Crippen molar-refractivity contribution in [3.05, 3.63) is 0 Å². The van der Waals surface area contributed by atoms with Crippen molar-refractivity contribution in [3.8, 4) is 0 Å². The average Bonchev–Trinajstić information content (AvgIpc) is 2.45. The van der Waals surface area contributed by atoms with Crippen LogP contribution in [0.4, 0.5) is 0 Å². The third-order valence-electron chi connectivity index (χ3n) is 2.93. The highest BCUT2D eigenvalue weighted by molar-refractivity contribution is 7.81. The molecule has 0 rings (SSSR count). The highest BCUT2D eigenvalue weighted by Crippen LogP contribution is 2.10. The van der Waals surface area contributed by atoms with E-state index < -0.39 is 10.4 Å². The van der Waals surface area contributed by atoms with Gasteiger partial charge in [-0.3, -0.25) is 4.18 Å². The quantitative estimate of drug-likeness (QED) is 0.524. The molecular weight excluding hydrogens is 290 g/mol. The molecule has 0 aromatic rings. The zero-order valence-electron chi connectivity index (χ0n) is 14.3. The average molecular weight is 326 g/mol. The summed E-state index contributed by atoms with van der Waals surface area (Å²) < 4.78 is 30.4. The van der Waals surface area contributed by atoms with Crippen LogP contribution in [0.5, 0.6) is 0 Å². The van der Waals surface area contributed by atoms with Gasteiger partial charge in [-0.1, -0.05) is 64.7 Å². The fourth-order valence-corrected chi connectivity index (χ4v) is 2.22. The van der Waals surface area contributed by atoms with Crippen molar-refractivity contribution < 1.29 is 16.8 Å². The minimum atomic E-state index is -3.73. The lowest BCUT2D eigenvalue weighted by atomic mass is 10.1. The van der Waals surface area contributed by atoms with E-state index >= 15 is 0 Å². The maximum absolute atomic E-state index is 10.8.